The minimum atomic E-state index is -2.76. The average Bonchev–Trinajstić information content (AvgIpc) is 2.17. The Kier molecular flexibility index (Phi) is 3.21. The van der Waals surface area contributed by atoms with Crippen LogP contribution in [0.15, 0.2) is 24.3 Å². The predicted octanol–water partition coefficient (Wildman–Crippen LogP) is 2.89. The third-order valence-corrected chi connectivity index (χ3v) is 2.30. The first-order valence-corrected chi connectivity index (χ1v) is 4.65. The van der Waals surface area contributed by atoms with E-state index < -0.39 is 11.8 Å². The fraction of sp³-hybridized carbons (Fsp3) is 0.455. The average molecular weight is 199 g/mol. The van der Waals surface area contributed by atoms with Crippen LogP contribution in [-0.4, -0.2) is 0 Å². The number of rotatable bonds is 3. The van der Waals surface area contributed by atoms with Gasteiger partial charge in [0.15, 0.2) is 0 Å². The third-order valence-electron chi connectivity index (χ3n) is 2.30. The van der Waals surface area contributed by atoms with Crippen LogP contribution in [0.1, 0.15) is 25.0 Å². The molecule has 0 amide bonds. The second-order valence-electron chi connectivity index (χ2n) is 3.68. The molecule has 0 bridgehead atoms. The van der Waals surface area contributed by atoms with E-state index in [1.165, 1.54) is 26.0 Å². The Balaban J connectivity index is 2.97. The number of halogens is 2. The lowest BCUT2D eigenvalue weighted by Gasteiger charge is -2.20. The van der Waals surface area contributed by atoms with Gasteiger partial charge in [-0.3, -0.25) is 0 Å². The second-order valence-corrected chi connectivity index (χ2v) is 3.68. The Labute approximate surface area is 82.9 Å². The molecule has 1 rings (SSSR count). The summed E-state index contributed by atoms with van der Waals surface area (Å²) < 4.78 is 27.0. The van der Waals surface area contributed by atoms with Gasteiger partial charge in [0.25, 0.3) is 5.92 Å². The van der Waals surface area contributed by atoms with Crippen LogP contribution in [0.5, 0.6) is 0 Å². The maximum atomic E-state index is 13.5. The Morgan fingerprint density at radius 3 is 2.07 bits per heavy atom. The van der Waals surface area contributed by atoms with Crippen LogP contribution in [-0.2, 0) is 12.5 Å². The van der Waals surface area contributed by atoms with Crippen LogP contribution < -0.4 is 5.73 Å². The summed E-state index contributed by atoms with van der Waals surface area (Å²) >= 11 is 0. The maximum absolute atomic E-state index is 13.5. The first-order chi connectivity index (χ1) is 6.48. The highest BCUT2D eigenvalue weighted by Gasteiger charge is 2.35. The normalized spacial score (nSPS) is 12.1. The van der Waals surface area contributed by atoms with Crippen molar-refractivity contribution in [3.63, 3.8) is 0 Å². The van der Waals surface area contributed by atoms with Crippen LogP contribution >= 0.6 is 0 Å². The lowest BCUT2D eigenvalue weighted by molar-refractivity contribution is -0.0513. The number of hydrogen-bond donors (Lipinski definition) is 1. The SMILES string of the molecule is CC(C)C(F)(F)c1ccc(CN)cc1. The van der Waals surface area contributed by atoms with Crippen molar-refractivity contribution in [1.82, 2.24) is 0 Å². The van der Waals surface area contributed by atoms with Crippen LogP contribution in [0.2, 0.25) is 0 Å². The van der Waals surface area contributed by atoms with Gasteiger partial charge in [-0.05, 0) is 5.56 Å². The predicted molar refractivity (Wildman–Crippen MR) is 53.1 cm³/mol. The lowest BCUT2D eigenvalue weighted by Crippen LogP contribution is -2.20. The van der Waals surface area contributed by atoms with E-state index >= 15 is 0 Å². The van der Waals surface area contributed by atoms with Crippen molar-refractivity contribution in [3.05, 3.63) is 35.4 Å². The number of nitrogens with two attached hydrogens (primary N) is 1. The molecule has 0 atom stereocenters. The molecule has 1 aromatic carbocycles. The Morgan fingerprint density at radius 1 is 1.21 bits per heavy atom. The van der Waals surface area contributed by atoms with Crippen molar-refractivity contribution in [3.8, 4) is 0 Å². The zero-order chi connectivity index (χ0) is 10.8. The summed E-state index contributed by atoms with van der Waals surface area (Å²) in [6.07, 6.45) is 0. The fourth-order valence-corrected chi connectivity index (χ4v) is 1.20. The Hall–Kier alpha value is -0.960. The topological polar surface area (TPSA) is 26.0 Å². The molecule has 0 unspecified atom stereocenters. The fourth-order valence-electron chi connectivity index (χ4n) is 1.20. The summed E-state index contributed by atoms with van der Waals surface area (Å²) in [6.45, 7) is 3.40. The number of alkyl halides is 2. The Bertz CT molecular complexity index is 291. The molecule has 0 aliphatic heterocycles. The third kappa shape index (κ3) is 2.10. The summed E-state index contributed by atoms with van der Waals surface area (Å²) in [5.41, 5.74) is 6.31. The van der Waals surface area contributed by atoms with E-state index in [0.717, 1.165) is 5.56 Å². The molecule has 0 aromatic heterocycles. The molecule has 3 heteroatoms. The highest BCUT2D eigenvalue weighted by atomic mass is 19.3. The van der Waals surface area contributed by atoms with Gasteiger partial charge in [-0.2, -0.15) is 0 Å². The van der Waals surface area contributed by atoms with Gasteiger partial charge >= 0.3 is 0 Å². The zero-order valence-corrected chi connectivity index (χ0v) is 8.43. The summed E-state index contributed by atoms with van der Waals surface area (Å²) in [5, 5.41) is 0. The van der Waals surface area contributed by atoms with E-state index in [2.05, 4.69) is 0 Å². The quantitative estimate of drug-likeness (QED) is 0.795. The zero-order valence-electron chi connectivity index (χ0n) is 8.43. The molecule has 0 fully saturated rings. The van der Waals surface area contributed by atoms with Crippen LogP contribution in [0.3, 0.4) is 0 Å². The molecule has 1 aromatic rings. The Morgan fingerprint density at radius 2 is 1.71 bits per heavy atom. The van der Waals surface area contributed by atoms with Crippen molar-refractivity contribution in [2.75, 3.05) is 0 Å². The molecule has 14 heavy (non-hydrogen) atoms. The molecule has 0 saturated carbocycles. The second kappa shape index (κ2) is 4.05. The number of benzene rings is 1. The molecule has 0 saturated heterocycles. The molecule has 0 radical (unpaired) electrons. The van der Waals surface area contributed by atoms with Crippen molar-refractivity contribution in [1.29, 1.82) is 0 Å². The standard InChI is InChI=1S/C11H15F2N/c1-8(2)11(12,13)10-5-3-9(7-14)4-6-10/h3-6,8H,7,14H2,1-2H3. The molecule has 0 aliphatic rings. The van der Waals surface area contributed by atoms with Gasteiger partial charge in [0, 0.05) is 18.0 Å². The summed E-state index contributed by atoms with van der Waals surface area (Å²) in [4.78, 5) is 0. The van der Waals surface area contributed by atoms with Gasteiger partial charge in [-0.1, -0.05) is 38.1 Å². The van der Waals surface area contributed by atoms with Gasteiger partial charge in [0.05, 0.1) is 0 Å². The van der Waals surface area contributed by atoms with E-state index in [4.69, 9.17) is 5.73 Å². The minimum Gasteiger partial charge on any atom is -0.326 e. The summed E-state index contributed by atoms with van der Waals surface area (Å²) in [6, 6.07) is 6.18. The maximum Gasteiger partial charge on any atom is 0.275 e. The molecule has 78 valence electrons. The summed E-state index contributed by atoms with van der Waals surface area (Å²) in [5.74, 6) is -3.45. The monoisotopic (exact) mass is 199 g/mol. The van der Waals surface area contributed by atoms with Gasteiger partial charge in [0.1, 0.15) is 0 Å². The first-order valence-electron chi connectivity index (χ1n) is 4.65. The van der Waals surface area contributed by atoms with Gasteiger partial charge in [-0.25, -0.2) is 8.78 Å². The lowest BCUT2D eigenvalue weighted by atomic mass is 9.97. The van der Waals surface area contributed by atoms with Gasteiger partial charge in [-0.15, -0.1) is 0 Å². The first kappa shape index (κ1) is 11.1. The molecule has 2 N–H and O–H groups in total. The highest BCUT2D eigenvalue weighted by molar-refractivity contribution is 5.26. The van der Waals surface area contributed by atoms with Crippen molar-refractivity contribution in [2.45, 2.75) is 26.3 Å². The van der Waals surface area contributed by atoms with Gasteiger partial charge < -0.3 is 5.73 Å². The highest BCUT2D eigenvalue weighted by Crippen LogP contribution is 2.35. The molecule has 0 heterocycles. The van der Waals surface area contributed by atoms with Crippen molar-refractivity contribution >= 4 is 0 Å². The molecular weight excluding hydrogens is 184 g/mol. The van der Waals surface area contributed by atoms with E-state index in [-0.39, 0.29) is 5.56 Å². The van der Waals surface area contributed by atoms with Crippen LogP contribution in [0.25, 0.3) is 0 Å². The van der Waals surface area contributed by atoms with Gasteiger partial charge in [0.2, 0.25) is 0 Å². The van der Waals surface area contributed by atoms with E-state index in [1.807, 2.05) is 0 Å². The molecule has 0 spiro atoms. The molecule has 0 aliphatic carbocycles. The smallest absolute Gasteiger partial charge is 0.275 e. The van der Waals surface area contributed by atoms with E-state index in [1.54, 1.807) is 12.1 Å². The number of hydrogen-bond acceptors (Lipinski definition) is 1. The largest absolute Gasteiger partial charge is 0.326 e. The molecule has 1 nitrogen and oxygen atoms in total. The summed E-state index contributed by atoms with van der Waals surface area (Å²) in [7, 11) is 0. The molecular formula is C11H15F2N. The minimum absolute atomic E-state index is 0.0599. The van der Waals surface area contributed by atoms with E-state index in [9.17, 15) is 8.78 Å². The van der Waals surface area contributed by atoms with E-state index in [0.29, 0.717) is 6.54 Å². The van der Waals surface area contributed by atoms with Crippen molar-refractivity contribution in [2.24, 2.45) is 11.7 Å². The van der Waals surface area contributed by atoms with Crippen LogP contribution in [0, 0.1) is 5.92 Å². The van der Waals surface area contributed by atoms with Crippen LogP contribution in [0.4, 0.5) is 8.78 Å². The van der Waals surface area contributed by atoms with Crippen molar-refractivity contribution < 1.29 is 8.78 Å².